The second-order valence-electron chi connectivity index (χ2n) is 5.88. The second-order valence-corrected chi connectivity index (χ2v) is 6.84. The molecule has 0 fully saturated rings. The number of rotatable bonds is 5. The van der Waals surface area contributed by atoms with Gasteiger partial charge in [0.15, 0.2) is 0 Å². The smallest absolute Gasteiger partial charge is 0.234 e. The minimum absolute atomic E-state index is 0.146. The summed E-state index contributed by atoms with van der Waals surface area (Å²) in [6.45, 7) is 4.06. The molecule has 0 saturated heterocycles. The van der Waals surface area contributed by atoms with Gasteiger partial charge in [-0.25, -0.2) is 14.4 Å². The van der Waals surface area contributed by atoms with E-state index in [0.717, 1.165) is 21.8 Å². The summed E-state index contributed by atoms with van der Waals surface area (Å²) in [4.78, 5) is 21.3. The highest BCUT2D eigenvalue weighted by Gasteiger charge is 2.13. The zero-order valence-electron chi connectivity index (χ0n) is 14.0. The van der Waals surface area contributed by atoms with Crippen LogP contribution in [0, 0.1) is 5.82 Å². The average Bonchev–Trinajstić information content (AvgIpc) is 2.61. The number of halogens is 1. The van der Waals surface area contributed by atoms with E-state index in [1.54, 1.807) is 12.1 Å². The predicted octanol–water partition coefficient (Wildman–Crippen LogP) is 4.62. The quantitative estimate of drug-likeness (QED) is 0.536. The molecule has 1 aromatic heterocycles. The molecule has 1 N–H and O–H groups in total. The Hall–Kier alpha value is -2.47. The van der Waals surface area contributed by atoms with Crippen LogP contribution >= 0.6 is 11.8 Å². The Balaban J connectivity index is 1.78. The molecule has 1 amide bonds. The summed E-state index contributed by atoms with van der Waals surface area (Å²) in [6.07, 6.45) is 0. The molecule has 0 spiro atoms. The number of anilines is 1. The predicted molar refractivity (Wildman–Crippen MR) is 99.4 cm³/mol. The third-order valence-corrected chi connectivity index (χ3v) is 4.58. The zero-order chi connectivity index (χ0) is 17.8. The first kappa shape index (κ1) is 17.4. The number of hydrogen-bond acceptors (Lipinski definition) is 4. The van der Waals surface area contributed by atoms with Crippen molar-refractivity contribution >= 4 is 34.3 Å². The molecular weight excluding hydrogens is 337 g/mol. The van der Waals surface area contributed by atoms with Crippen LogP contribution in [0.4, 0.5) is 10.1 Å². The second kappa shape index (κ2) is 7.61. The van der Waals surface area contributed by atoms with E-state index in [9.17, 15) is 9.18 Å². The lowest BCUT2D eigenvalue weighted by atomic mass is 10.2. The van der Waals surface area contributed by atoms with Crippen molar-refractivity contribution in [2.24, 2.45) is 0 Å². The van der Waals surface area contributed by atoms with E-state index in [-0.39, 0.29) is 23.3 Å². The number of fused-ring (bicyclic) bond motifs is 1. The monoisotopic (exact) mass is 355 g/mol. The molecule has 2 aromatic carbocycles. The van der Waals surface area contributed by atoms with Crippen LogP contribution in [0.15, 0.2) is 53.6 Å². The normalized spacial score (nSPS) is 11.0. The number of carbonyl (C=O) groups excluding carboxylic acids is 1. The maximum absolute atomic E-state index is 13.6. The molecule has 25 heavy (non-hydrogen) atoms. The molecule has 0 bridgehead atoms. The van der Waals surface area contributed by atoms with E-state index < -0.39 is 5.82 Å². The Kier molecular flexibility index (Phi) is 5.28. The molecule has 6 heteroatoms. The summed E-state index contributed by atoms with van der Waals surface area (Å²) < 4.78 is 13.6. The van der Waals surface area contributed by atoms with Crippen LogP contribution in [0.25, 0.3) is 10.9 Å². The van der Waals surface area contributed by atoms with Crippen molar-refractivity contribution in [1.82, 2.24) is 9.97 Å². The molecule has 0 aliphatic heterocycles. The fraction of sp³-hybridized carbons (Fsp3) is 0.211. The van der Waals surface area contributed by atoms with E-state index in [0.29, 0.717) is 0 Å². The molecule has 0 unspecified atom stereocenters. The summed E-state index contributed by atoms with van der Waals surface area (Å²) in [5, 5.41) is 4.26. The summed E-state index contributed by atoms with van der Waals surface area (Å²) in [6, 6.07) is 13.8. The first-order valence-electron chi connectivity index (χ1n) is 7.98. The summed E-state index contributed by atoms with van der Waals surface area (Å²) in [7, 11) is 0. The number of benzene rings is 2. The number of carbonyl (C=O) groups is 1. The largest absolute Gasteiger partial charge is 0.323 e. The van der Waals surface area contributed by atoms with Crippen LogP contribution in [0.5, 0.6) is 0 Å². The first-order chi connectivity index (χ1) is 12.0. The third-order valence-electron chi connectivity index (χ3n) is 3.59. The van der Waals surface area contributed by atoms with Crippen molar-refractivity contribution in [2.45, 2.75) is 24.8 Å². The lowest BCUT2D eigenvalue weighted by molar-refractivity contribution is -0.113. The van der Waals surface area contributed by atoms with Gasteiger partial charge in [-0.05, 0) is 18.2 Å². The number of hydrogen-bond donors (Lipinski definition) is 1. The van der Waals surface area contributed by atoms with Gasteiger partial charge < -0.3 is 5.32 Å². The topological polar surface area (TPSA) is 54.9 Å². The highest BCUT2D eigenvalue weighted by atomic mass is 32.2. The van der Waals surface area contributed by atoms with E-state index in [1.807, 2.05) is 38.1 Å². The van der Waals surface area contributed by atoms with E-state index in [1.165, 1.54) is 23.9 Å². The molecular formula is C19H18FN3OS. The van der Waals surface area contributed by atoms with Crippen molar-refractivity contribution in [1.29, 1.82) is 0 Å². The fourth-order valence-electron chi connectivity index (χ4n) is 2.32. The molecule has 0 aliphatic rings. The number of thioether (sulfide) groups is 1. The van der Waals surface area contributed by atoms with Crippen LogP contribution in [-0.4, -0.2) is 21.6 Å². The minimum Gasteiger partial charge on any atom is -0.323 e. The fourth-order valence-corrected chi connectivity index (χ4v) is 3.14. The van der Waals surface area contributed by atoms with Crippen molar-refractivity contribution < 1.29 is 9.18 Å². The molecule has 0 atom stereocenters. The van der Waals surface area contributed by atoms with Gasteiger partial charge in [-0.15, -0.1) is 0 Å². The van der Waals surface area contributed by atoms with Crippen molar-refractivity contribution in [2.75, 3.05) is 11.1 Å². The van der Waals surface area contributed by atoms with Crippen molar-refractivity contribution in [3.63, 3.8) is 0 Å². The van der Waals surface area contributed by atoms with Crippen LogP contribution in [-0.2, 0) is 4.79 Å². The number of amides is 1. The number of nitrogens with one attached hydrogen (secondary N) is 1. The van der Waals surface area contributed by atoms with Crippen molar-refractivity contribution in [3.8, 4) is 0 Å². The minimum atomic E-state index is -0.449. The Morgan fingerprint density at radius 3 is 2.60 bits per heavy atom. The number of para-hydroxylation sites is 2. The Morgan fingerprint density at radius 1 is 1.12 bits per heavy atom. The van der Waals surface area contributed by atoms with Crippen LogP contribution < -0.4 is 5.32 Å². The van der Waals surface area contributed by atoms with Gasteiger partial charge in [0.05, 0.1) is 17.0 Å². The van der Waals surface area contributed by atoms with Gasteiger partial charge in [0.25, 0.3) is 0 Å². The van der Waals surface area contributed by atoms with E-state index in [4.69, 9.17) is 0 Å². The van der Waals surface area contributed by atoms with E-state index >= 15 is 0 Å². The zero-order valence-corrected chi connectivity index (χ0v) is 14.8. The molecule has 0 radical (unpaired) electrons. The van der Waals surface area contributed by atoms with Gasteiger partial charge in [-0.3, -0.25) is 4.79 Å². The van der Waals surface area contributed by atoms with Crippen LogP contribution in [0.3, 0.4) is 0 Å². The number of nitrogens with zero attached hydrogens (tertiary/aromatic N) is 2. The van der Waals surface area contributed by atoms with Gasteiger partial charge in [0.2, 0.25) is 5.91 Å². The third kappa shape index (κ3) is 4.14. The van der Waals surface area contributed by atoms with Gasteiger partial charge in [0, 0.05) is 11.3 Å². The molecule has 3 aromatic rings. The number of aromatic nitrogens is 2. The maximum atomic E-state index is 13.6. The van der Waals surface area contributed by atoms with Crippen LogP contribution in [0.2, 0.25) is 0 Å². The molecule has 4 nitrogen and oxygen atoms in total. The Bertz CT molecular complexity index is 914. The standard InChI is InChI=1S/C19H18FN3OS/c1-12(2)18-22-15-9-5-3-7-13(15)19(23-18)25-11-17(24)21-16-10-6-4-8-14(16)20/h3-10,12H,11H2,1-2H3,(H,21,24). The Morgan fingerprint density at radius 2 is 1.84 bits per heavy atom. The Labute approximate surface area is 149 Å². The lowest BCUT2D eigenvalue weighted by Crippen LogP contribution is -2.15. The van der Waals surface area contributed by atoms with E-state index in [2.05, 4.69) is 15.3 Å². The summed E-state index contributed by atoms with van der Waals surface area (Å²) in [5.41, 5.74) is 1.04. The SMILES string of the molecule is CC(C)c1nc(SCC(=O)Nc2ccccc2F)c2ccccc2n1. The highest BCUT2D eigenvalue weighted by molar-refractivity contribution is 8.00. The maximum Gasteiger partial charge on any atom is 0.234 e. The lowest BCUT2D eigenvalue weighted by Gasteiger charge is -2.10. The molecule has 1 heterocycles. The van der Waals surface area contributed by atoms with Gasteiger partial charge >= 0.3 is 0 Å². The molecule has 0 saturated carbocycles. The van der Waals surface area contributed by atoms with Gasteiger partial charge in [-0.2, -0.15) is 0 Å². The summed E-state index contributed by atoms with van der Waals surface area (Å²) >= 11 is 1.33. The molecule has 0 aliphatic carbocycles. The average molecular weight is 355 g/mol. The summed E-state index contributed by atoms with van der Waals surface area (Å²) in [5.74, 6) is 0.360. The molecule has 128 valence electrons. The first-order valence-corrected chi connectivity index (χ1v) is 8.97. The van der Waals surface area contributed by atoms with Gasteiger partial charge in [-0.1, -0.05) is 55.9 Å². The van der Waals surface area contributed by atoms with Crippen LogP contribution in [0.1, 0.15) is 25.6 Å². The molecule has 3 rings (SSSR count). The van der Waals surface area contributed by atoms with Gasteiger partial charge in [0.1, 0.15) is 16.7 Å². The van der Waals surface area contributed by atoms with Crippen molar-refractivity contribution in [3.05, 3.63) is 60.2 Å². The highest BCUT2D eigenvalue weighted by Crippen LogP contribution is 2.27.